The molecule has 0 spiro atoms. The molecule has 4 heteroatoms. The summed E-state index contributed by atoms with van der Waals surface area (Å²) in [4.78, 5) is 10.1. The third-order valence-electron chi connectivity index (χ3n) is 1.77. The third-order valence-corrected chi connectivity index (χ3v) is 2.39. The highest BCUT2D eigenvalue weighted by molar-refractivity contribution is 7.97. The molecule has 0 aliphatic rings. The molecule has 3 nitrogen and oxygen atoms in total. The minimum atomic E-state index is -0.349. The first-order valence-corrected chi connectivity index (χ1v) is 5.27. The van der Waals surface area contributed by atoms with E-state index in [1.54, 1.807) is 24.8 Å². The van der Waals surface area contributed by atoms with Gasteiger partial charge in [0, 0.05) is 17.4 Å². The van der Waals surface area contributed by atoms with Gasteiger partial charge in [-0.25, -0.2) is 0 Å². The molecule has 13 heavy (non-hydrogen) atoms. The lowest BCUT2D eigenvalue weighted by Gasteiger charge is -2.00. The smallest absolute Gasteiger partial charge is 0.258 e. The van der Waals surface area contributed by atoms with Crippen LogP contribution < -0.4 is 0 Å². The van der Waals surface area contributed by atoms with Gasteiger partial charge in [-0.05, 0) is 24.8 Å². The first-order valence-electron chi connectivity index (χ1n) is 3.88. The number of rotatable bonds is 3. The Kier molecular flexibility index (Phi) is 3.31. The van der Waals surface area contributed by atoms with Crippen molar-refractivity contribution in [1.82, 2.24) is 0 Å². The Labute approximate surface area is 81.3 Å². The van der Waals surface area contributed by atoms with Crippen LogP contribution in [0.15, 0.2) is 18.2 Å². The maximum atomic E-state index is 10.5. The Balaban J connectivity index is 2.98. The predicted molar refractivity (Wildman–Crippen MR) is 55.1 cm³/mol. The average Bonchev–Trinajstić information content (AvgIpc) is 2.04. The predicted octanol–water partition coefficient (Wildman–Crippen LogP) is 2.77. The van der Waals surface area contributed by atoms with Gasteiger partial charge in [0.15, 0.2) is 0 Å². The molecule has 0 saturated heterocycles. The van der Waals surface area contributed by atoms with Crippen LogP contribution in [0.3, 0.4) is 0 Å². The van der Waals surface area contributed by atoms with E-state index in [1.165, 1.54) is 0 Å². The summed E-state index contributed by atoms with van der Waals surface area (Å²) in [5, 5.41) is 10.5. The van der Waals surface area contributed by atoms with Crippen LogP contribution in [-0.2, 0) is 5.75 Å². The Morgan fingerprint density at radius 3 is 2.69 bits per heavy atom. The summed E-state index contributed by atoms with van der Waals surface area (Å²) in [5.74, 6) is 0.902. The van der Waals surface area contributed by atoms with E-state index in [-0.39, 0.29) is 10.6 Å². The topological polar surface area (TPSA) is 43.1 Å². The van der Waals surface area contributed by atoms with E-state index in [1.807, 2.05) is 18.4 Å². The van der Waals surface area contributed by atoms with Gasteiger partial charge in [0.2, 0.25) is 0 Å². The van der Waals surface area contributed by atoms with Gasteiger partial charge in [0.05, 0.1) is 4.92 Å². The van der Waals surface area contributed by atoms with Crippen LogP contribution in [0.2, 0.25) is 0 Å². The molecule has 0 N–H and O–H groups in total. The first kappa shape index (κ1) is 10.1. The van der Waals surface area contributed by atoms with Crippen LogP contribution in [0, 0.1) is 17.0 Å². The molecule has 0 unspecified atom stereocenters. The maximum Gasteiger partial charge on any atom is 0.272 e. The van der Waals surface area contributed by atoms with Gasteiger partial charge in [-0.1, -0.05) is 6.07 Å². The van der Waals surface area contributed by atoms with Crippen LogP contribution in [0.5, 0.6) is 0 Å². The van der Waals surface area contributed by atoms with Crippen molar-refractivity contribution in [3.63, 3.8) is 0 Å². The molecule has 0 heterocycles. The third kappa shape index (κ3) is 2.45. The monoisotopic (exact) mass is 197 g/mol. The molecular formula is C9H11NO2S. The second kappa shape index (κ2) is 4.28. The lowest BCUT2D eigenvalue weighted by atomic mass is 10.1. The number of benzene rings is 1. The summed E-state index contributed by atoms with van der Waals surface area (Å²) in [6.45, 7) is 1.77. The van der Waals surface area contributed by atoms with Crippen molar-refractivity contribution < 1.29 is 4.92 Å². The van der Waals surface area contributed by atoms with Crippen molar-refractivity contribution >= 4 is 17.4 Å². The van der Waals surface area contributed by atoms with Crippen molar-refractivity contribution in [1.29, 1.82) is 0 Å². The Hall–Kier alpha value is -1.03. The fourth-order valence-electron chi connectivity index (χ4n) is 1.18. The fourth-order valence-corrected chi connectivity index (χ4v) is 1.69. The molecule has 1 aromatic carbocycles. The standard InChI is InChI=1S/C9H11NO2S/c1-7-5-8(6-13-2)3-4-9(7)10(11)12/h3-5H,6H2,1-2H3. The van der Waals surface area contributed by atoms with Gasteiger partial charge in [0.25, 0.3) is 5.69 Å². The largest absolute Gasteiger partial charge is 0.272 e. The summed E-state index contributed by atoms with van der Waals surface area (Å²) < 4.78 is 0. The molecule has 0 atom stereocenters. The van der Waals surface area contributed by atoms with Gasteiger partial charge in [-0.3, -0.25) is 10.1 Å². The molecule has 0 saturated carbocycles. The van der Waals surface area contributed by atoms with Crippen LogP contribution in [-0.4, -0.2) is 11.2 Å². The lowest BCUT2D eigenvalue weighted by Crippen LogP contribution is -1.92. The van der Waals surface area contributed by atoms with Crippen LogP contribution in [0.25, 0.3) is 0 Å². The van der Waals surface area contributed by atoms with Gasteiger partial charge in [0.1, 0.15) is 0 Å². The summed E-state index contributed by atoms with van der Waals surface area (Å²) >= 11 is 1.71. The zero-order valence-corrected chi connectivity index (χ0v) is 8.43. The fraction of sp³-hybridized carbons (Fsp3) is 0.333. The number of aryl methyl sites for hydroxylation is 1. The Morgan fingerprint density at radius 1 is 1.54 bits per heavy atom. The van der Waals surface area contributed by atoms with E-state index in [0.717, 1.165) is 16.9 Å². The molecular weight excluding hydrogens is 186 g/mol. The molecule has 1 rings (SSSR count). The molecule has 0 aliphatic carbocycles. The highest BCUT2D eigenvalue weighted by atomic mass is 32.2. The number of nitrogens with zero attached hydrogens (tertiary/aromatic N) is 1. The number of thioether (sulfide) groups is 1. The van der Waals surface area contributed by atoms with E-state index < -0.39 is 0 Å². The molecule has 0 radical (unpaired) electrons. The second-order valence-corrected chi connectivity index (χ2v) is 3.68. The van der Waals surface area contributed by atoms with Crippen molar-refractivity contribution in [2.75, 3.05) is 6.26 Å². The van der Waals surface area contributed by atoms with Crippen LogP contribution in [0.1, 0.15) is 11.1 Å². The molecule has 0 bridgehead atoms. The lowest BCUT2D eigenvalue weighted by molar-refractivity contribution is -0.385. The van der Waals surface area contributed by atoms with Crippen molar-refractivity contribution in [3.05, 3.63) is 39.4 Å². The number of hydrogen-bond donors (Lipinski definition) is 0. The van der Waals surface area contributed by atoms with Gasteiger partial charge in [-0.15, -0.1) is 0 Å². The van der Waals surface area contributed by atoms with Crippen molar-refractivity contribution in [2.24, 2.45) is 0 Å². The maximum absolute atomic E-state index is 10.5. The van der Waals surface area contributed by atoms with E-state index in [4.69, 9.17) is 0 Å². The summed E-state index contributed by atoms with van der Waals surface area (Å²) in [5.41, 5.74) is 2.07. The molecule has 0 fully saturated rings. The molecule has 0 aliphatic heterocycles. The zero-order valence-electron chi connectivity index (χ0n) is 7.61. The molecule has 0 aromatic heterocycles. The van der Waals surface area contributed by atoms with Gasteiger partial charge in [-0.2, -0.15) is 11.8 Å². The van der Waals surface area contributed by atoms with E-state index in [2.05, 4.69) is 0 Å². The molecule has 0 amide bonds. The highest BCUT2D eigenvalue weighted by Gasteiger charge is 2.09. The minimum absolute atomic E-state index is 0.199. The Bertz CT molecular complexity index is 325. The highest BCUT2D eigenvalue weighted by Crippen LogP contribution is 2.20. The van der Waals surface area contributed by atoms with Gasteiger partial charge >= 0.3 is 0 Å². The Morgan fingerprint density at radius 2 is 2.23 bits per heavy atom. The SMILES string of the molecule is CSCc1ccc([N+](=O)[O-])c(C)c1. The van der Waals surface area contributed by atoms with Crippen molar-refractivity contribution in [3.8, 4) is 0 Å². The second-order valence-electron chi connectivity index (χ2n) is 2.81. The zero-order chi connectivity index (χ0) is 9.84. The van der Waals surface area contributed by atoms with Crippen LogP contribution >= 0.6 is 11.8 Å². The minimum Gasteiger partial charge on any atom is -0.258 e. The van der Waals surface area contributed by atoms with E-state index >= 15 is 0 Å². The van der Waals surface area contributed by atoms with E-state index in [0.29, 0.717) is 0 Å². The average molecular weight is 197 g/mol. The van der Waals surface area contributed by atoms with E-state index in [9.17, 15) is 10.1 Å². The summed E-state index contributed by atoms with van der Waals surface area (Å²) in [6.07, 6.45) is 2.01. The molecule has 70 valence electrons. The summed E-state index contributed by atoms with van der Waals surface area (Å²) in [6, 6.07) is 5.25. The number of hydrogen-bond acceptors (Lipinski definition) is 3. The van der Waals surface area contributed by atoms with Crippen LogP contribution in [0.4, 0.5) is 5.69 Å². The normalized spacial score (nSPS) is 10.0. The number of nitro benzene ring substituents is 1. The first-order chi connectivity index (χ1) is 6.15. The van der Waals surface area contributed by atoms with Crippen molar-refractivity contribution in [2.45, 2.75) is 12.7 Å². The van der Waals surface area contributed by atoms with Gasteiger partial charge < -0.3 is 0 Å². The quantitative estimate of drug-likeness (QED) is 0.552. The summed E-state index contributed by atoms with van der Waals surface area (Å²) in [7, 11) is 0. The molecule has 1 aromatic rings. The number of nitro groups is 1.